The summed E-state index contributed by atoms with van der Waals surface area (Å²) >= 11 is 0. The van der Waals surface area contributed by atoms with Crippen LogP contribution in [0.2, 0.25) is 0 Å². The van der Waals surface area contributed by atoms with Crippen molar-refractivity contribution in [3.05, 3.63) is 12.2 Å². The third-order valence-corrected chi connectivity index (χ3v) is 3.54. The van der Waals surface area contributed by atoms with Crippen LogP contribution in [0.25, 0.3) is 0 Å². The molecule has 1 fully saturated rings. The summed E-state index contributed by atoms with van der Waals surface area (Å²) in [5, 5.41) is 2.71. The Morgan fingerprint density at radius 1 is 1.53 bits per heavy atom. The van der Waals surface area contributed by atoms with Crippen LogP contribution in [0.1, 0.15) is 20.3 Å². The number of phosphoric acid groups is 1. The standard InChI is InChI=1S/C10H18NO5P/c1-3-4-5-10(11-9(2)12)8-16-17(13)14-6-7-15-17/h3-4,10H,5-8H2,1-2H3,(H,11,12). The van der Waals surface area contributed by atoms with Crippen LogP contribution in [0.5, 0.6) is 0 Å². The summed E-state index contributed by atoms with van der Waals surface area (Å²) in [7, 11) is -3.37. The first-order valence-corrected chi connectivity index (χ1v) is 6.94. The highest BCUT2D eigenvalue weighted by atomic mass is 31.2. The van der Waals surface area contributed by atoms with Gasteiger partial charge in [-0.2, -0.15) is 0 Å². The maximum Gasteiger partial charge on any atom is 0.475 e. The molecular weight excluding hydrogens is 245 g/mol. The van der Waals surface area contributed by atoms with Crippen LogP contribution in [0, 0.1) is 0 Å². The van der Waals surface area contributed by atoms with Crippen LogP contribution in [0.15, 0.2) is 12.2 Å². The lowest BCUT2D eigenvalue weighted by atomic mass is 10.2. The lowest BCUT2D eigenvalue weighted by Gasteiger charge is -2.17. The Balaban J connectivity index is 2.42. The first kappa shape index (κ1) is 14.4. The number of nitrogens with one attached hydrogen (secondary N) is 1. The molecule has 1 amide bonds. The van der Waals surface area contributed by atoms with E-state index in [1.807, 2.05) is 19.1 Å². The van der Waals surface area contributed by atoms with Crippen LogP contribution < -0.4 is 5.32 Å². The summed E-state index contributed by atoms with van der Waals surface area (Å²) in [4.78, 5) is 11.0. The summed E-state index contributed by atoms with van der Waals surface area (Å²) in [6.07, 6.45) is 4.38. The fraction of sp³-hybridized carbons (Fsp3) is 0.700. The number of allylic oxidation sites excluding steroid dienone is 1. The average molecular weight is 263 g/mol. The second-order valence-corrected chi connectivity index (χ2v) is 5.28. The van der Waals surface area contributed by atoms with Crippen molar-refractivity contribution >= 4 is 13.7 Å². The second kappa shape index (κ2) is 6.91. The molecule has 0 bridgehead atoms. The van der Waals surface area contributed by atoms with Crippen LogP contribution >= 0.6 is 7.82 Å². The molecule has 1 saturated heterocycles. The Labute approximate surface area is 101 Å². The smallest absolute Gasteiger partial charge is 0.351 e. The molecule has 0 aliphatic carbocycles. The molecule has 1 N–H and O–H groups in total. The fourth-order valence-corrected chi connectivity index (χ4v) is 2.53. The van der Waals surface area contributed by atoms with Crippen molar-refractivity contribution in [3.8, 4) is 0 Å². The summed E-state index contributed by atoms with van der Waals surface area (Å²) in [6, 6.07) is -0.234. The quantitative estimate of drug-likeness (QED) is 0.582. The maximum absolute atomic E-state index is 11.7. The van der Waals surface area contributed by atoms with E-state index in [0.29, 0.717) is 6.42 Å². The van der Waals surface area contributed by atoms with Gasteiger partial charge in [0.05, 0.1) is 25.9 Å². The number of hydrogen-bond acceptors (Lipinski definition) is 5. The van der Waals surface area contributed by atoms with Gasteiger partial charge in [0, 0.05) is 6.92 Å². The molecule has 98 valence electrons. The summed E-state index contributed by atoms with van der Waals surface area (Å²) < 4.78 is 26.6. The van der Waals surface area contributed by atoms with E-state index in [1.165, 1.54) is 6.92 Å². The van der Waals surface area contributed by atoms with Crippen LogP contribution in [0.4, 0.5) is 0 Å². The van der Waals surface area contributed by atoms with E-state index in [2.05, 4.69) is 5.32 Å². The van der Waals surface area contributed by atoms with E-state index in [0.717, 1.165) is 0 Å². The van der Waals surface area contributed by atoms with Gasteiger partial charge in [0.1, 0.15) is 0 Å². The van der Waals surface area contributed by atoms with Crippen molar-refractivity contribution in [3.63, 3.8) is 0 Å². The zero-order chi connectivity index (χ0) is 12.7. The molecule has 1 aliphatic heterocycles. The number of hydrogen-bond donors (Lipinski definition) is 1. The van der Waals surface area contributed by atoms with Gasteiger partial charge in [-0.15, -0.1) is 0 Å². The van der Waals surface area contributed by atoms with Gasteiger partial charge in [-0.05, 0) is 13.3 Å². The highest BCUT2D eigenvalue weighted by Crippen LogP contribution is 2.52. The minimum Gasteiger partial charge on any atom is -0.351 e. The number of rotatable bonds is 6. The van der Waals surface area contributed by atoms with Gasteiger partial charge in [0.15, 0.2) is 0 Å². The highest BCUT2D eigenvalue weighted by Gasteiger charge is 2.32. The van der Waals surface area contributed by atoms with Gasteiger partial charge in [-0.1, -0.05) is 12.2 Å². The number of carbonyl (C=O) groups is 1. The molecule has 0 aromatic heterocycles. The molecule has 0 spiro atoms. The molecule has 0 aromatic rings. The number of amides is 1. The minimum absolute atomic E-state index is 0.0984. The zero-order valence-electron chi connectivity index (χ0n) is 10.0. The number of phosphoric ester groups is 1. The summed E-state index contributed by atoms with van der Waals surface area (Å²) in [6.45, 7) is 3.96. The van der Waals surface area contributed by atoms with Crippen molar-refractivity contribution in [2.24, 2.45) is 0 Å². The lowest BCUT2D eigenvalue weighted by molar-refractivity contribution is -0.119. The van der Waals surface area contributed by atoms with E-state index < -0.39 is 7.82 Å². The Morgan fingerprint density at radius 2 is 2.18 bits per heavy atom. The molecule has 1 unspecified atom stereocenters. The van der Waals surface area contributed by atoms with Gasteiger partial charge in [0.2, 0.25) is 5.91 Å². The van der Waals surface area contributed by atoms with E-state index in [4.69, 9.17) is 13.6 Å². The monoisotopic (exact) mass is 263 g/mol. The third kappa shape index (κ3) is 5.46. The van der Waals surface area contributed by atoms with Gasteiger partial charge >= 0.3 is 7.82 Å². The van der Waals surface area contributed by atoms with Gasteiger partial charge < -0.3 is 5.32 Å². The van der Waals surface area contributed by atoms with E-state index in [-0.39, 0.29) is 31.8 Å². The molecule has 1 heterocycles. The second-order valence-electron chi connectivity index (χ2n) is 3.61. The van der Waals surface area contributed by atoms with Crippen LogP contribution in [-0.2, 0) is 22.9 Å². The Kier molecular flexibility index (Phi) is 5.85. The summed E-state index contributed by atoms with van der Waals surface area (Å²) in [5.74, 6) is -0.158. The SMILES string of the molecule is CC=CCC(COP1(=O)OCCO1)NC(C)=O. The molecule has 17 heavy (non-hydrogen) atoms. The third-order valence-electron chi connectivity index (χ3n) is 2.08. The number of carbonyl (C=O) groups excluding carboxylic acids is 1. The molecule has 7 heteroatoms. The maximum atomic E-state index is 11.7. The van der Waals surface area contributed by atoms with Crippen molar-refractivity contribution < 1.29 is 22.9 Å². The molecule has 1 atom stereocenters. The fourth-order valence-electron chi connectivity index (χ4n) is 1.35. The Hall–Kier alpha value is -0.680. The zero-order valence-corrected chi connectivity index (χ0v) is 10.9. The van der Waals surface area contributed by atoms with Gasteiger partial charge in [0.25, 0.3) is 0 Å². The Morgan fingerprint density at radius 3 is 2.71 bits per heavy atom. The van der Waals surface area contributed by atoms with Crippen molar-refractivity contribution in [2.45, 2.75) is 26.3 Å². The Bertz CT molecular complexity index is 321. The summed E-state index contributed by atoms with van der Waals surface area (Å²) in [5.41, 5.74) is 0. The predicted molar refractivity (Wildman–Crippen MR) is 62.5 cm³/mol. The normalized spacial score (nSPS) is 20.6. The molecule has 6 nitrogen and oxygen atoms in total. The van der Waals surface area contributed by atoms with E-state index in [1.54, 1.807) is 0 Å². The van der Waals surface area contributed by atoms with E-state index in [9.17, 15) is 9.36 Å². The minimum atomic E-state index is -3.37. The van der Waals surface area contributed by atoms with Crippen molar-refractivity contribution in [2.75, 3.05) is 19.8 Å². The topological polar surface area (TPSA) is 73.9 Å². The molecule has 0 radical (unpaired) electrons. The molecule has 1 aliphatic rings. The molecule has 1 rings (SSSR count). The molecule has 0 saturated carbocycles. The van der Waals surface area contributed by atoms with Gasteiger partial charge in [-0.25, -0.2) is 4.57 Å². The molecular formula is C10H18NO5P. The average Bonchev–Trinajstić information content (AvgIpc) is 2.69. The lowest BCUT2D eigenvalue weighted by Crippen LogP contribution is -2.36. The predicted octanol–water partition coefficient (Wildman–Crippen LogP) is 1.63. The van der Waals surface area contributed by atoms with Crippen molar-refractivity contribution in [1.29, 1.82) is 0 Å². The first-order chi connectivity index (χ1) is 8.06. The van der Waals surface area contributed by atoms with E-state index >= 15 is 0 Å². The van der Waals surface area contributed by atoms with Crippen molar-refractivity contribution in [1.82, 2.24) is 5.32 Å². The largest absolute Gasteiger partial charge is 0.475 e. The first-order valence-electron chi connectivity index (χ1n) is 5.47. The van der Waals surface area contributed by atoms with Crippen LogP contribution in [-0.4, -0.2) is 31.8 Å². The molecule has 0 aromatic carbocycles. The van der Waals surface area contributed by atoms with Crippen LogP contribution in [0.3, 0.4) is 0 Å². The van der Waals surface area contributed by atoms with Gasteiger partial charge in [-0.3, -0.25) is 18.4 Å². The highest BCUT2D eigenvalue weighted by molar-refractivity contribution is 7.48.